The molecule has 0 amide bonds. The van der Waals surface area contributed by atoms with Gasteiger partial charge in [-0.15, -0.1) is 0 Å². The normalized spacial score (nSPS) is 10.9. The zero-order chi connectivity index (χ0) is 20.4. The summed E-state index contributed by atoms with van der Waals surface area (Å²) in [6, 6.07) is 21.5. The molecule has 0 fully saturated rings. The van der Waals surface area contributed by atoms with E-state index in [0.717, 1.165) is 10.9 Å². The number of pyridine rings is 1. The summed E-state index contributed by atoms with van der Waals surface area (Å²) in [5.74, 6) is -0.454. The van der Waals surface area contributed by atoms with Crippen molar-refractivity contribution in [3.8, 4) is 11.3 Å². The Balaban J connectivity index is 1.69. The maximum absolute atomic E-state index is 12.9. The van der Waals surface area contributed by atoms with Crippen molar-refractivity contribution in [3.05, 3.63) is 99.0 Å². The first-order valence-corrected chi connectivity index (χ1v) is 9.91. The number of halogens is 3. The largest absolute Gasteiger partial charge is 0.457 e. The van der Waals surface area contributed by atoms with Crippen molar-refractivity contribution in [2.75, 3.05) is 0 Å². The highest BCUT2D eigenvalue weighted by Gasteiger charge is 2.16. The predicted molar refractivity (Wildman–Crippen MR) is 118 cm³/mol. The number of nitrogens with zero attached hydrogens (tertiary/aromatic N) is 1. The Morgan fingerprint density at radius 2 is 1.59 bits per heavy atom. The van der Waals surface area contributed by atoms with E-state index in [-0.39, 0.29) is 6.61 Å². The summed E-state index contributed by atoms with van der Waals surface area (Å²) in [5.41, 5.74) is 3.34. The van der Waals surface area contributed by atoms with Crippen LogP contribution in [0, 0.1) is 0 Å². The van der Waals surface area contributed by atoms with Gasteiger partial charge in [-0.25, -0.2) is 9.78 Å². The minimum Gasteiger partial charge on any atom is -0.457 e. The molecule has 1 aromatic heterocycles. The van der Waals surface area contributed by atoms with Gasteiger partial charge in [-0.3, -0.25) is 0 Å². The SMILES string of the molecule is O=C(OCc1ccc(Cl)cc1Cl)c1cc(-c2ccc(Cl)cc2)nc2ccccc12. The summed E-state index contributed by atoms with van der Waals surface area (Å²) in [5, 5.41) is 2.33. The molecule has 3 nitrogen and oxygen atoms in total. The van der Waals surface area contributed by atoms with E-state index in [1.807, 2.05) is 36.4 Å². The Bertz CT molecular complexity index is 1210. The zero-order valence-corrected chi connectivity index (χ0v) is 17.3. The molecule has 0 bridgehead atoms. The molecule has 0 spiro atoms. The van der Waals surface area contributed by atoms with Crippen molar-refractivity contribution in [2.45, 2.75) is 6.61 Å². The Kier molecular flexibility index (Phi) is 5.72. The van der Waals surface area contributed by atoms with Crippen LogP contribution in [0.4, 0.5) is 0 Å². The van der Waals surface area contributed by atoms with E-state index in [0.29, 0.717) is 37.4 Å². The second-order valence-electron chi connectivity index (χ2n) is 6.39. The summed E-state index contributed by atoms with van der Waals surface area (Å²) in [4.78, 5) is 17.6. The molecule has 0 radical (unpaired) electrons. The predicted octanol–water partition coefficient (Wildman–Crippen LogP) is 7.22. The zero-order valence-electron chi connectivity index (χ0n) is 15.0. The van der Waals surface area contributed by atoms with Crippen LogP contribution in [-0.2, 0) is 11.3 Å². The summed E-state index contributed by atoms with van der Waals surface area (Å²) in [6.07, 6.45) is 0. The number of fused-ring (bicyclic) bond motifs is 1. The average molecular weight is 443 g/mol. The highest BCUT2D eigenvalue weighted by Crippen LogP contribution is 2.27. The fraction of sp³-hybridized carbons (Fsp3) is 0.0435. The molecule has 0 aliphatic heterocycles. The Morgan fingerprint density at radius 1 is 0.862 bits per heavy atom. The molecular formula is C23H14Cl3NO2. The monoisotopic (exact) mass is 441 g/mol. The van der Waals surface area contributed by atoms with Crippen molar-refractivity contribution in [1.82, 2.24) is 4.98 Å². The number of aromatic nitrogens is 1. The number of rotatable bonds is 4. The van der Waals surface area contributed by atoms with Crippen LogP contribution in [0.15, 0.2) is 72.8 Å². The minimum absolute atomic E-state index is 0.0434. The van der Waals surface area contributed by atoms with Crippen LogP contribution in [0.3, 0.4) is 0 Å². The van der Waals surface area contributed by atoms with Gasteiger partial charge in [0.15, 0.2) is 0 Å². The Labute approximate surface area is 182 Å². The van der Waals surface area contributed by atoms with Crippen molar-refractivity contribution in [2.24, 2.45) is 0 Å². The lowest BCUT2D eigenvalue weighted by atomic mass is 10.0. The molecule has 0 saturated heterocycles. The van der Waals surface area contributed by atoms with Crippen LogP contribution < -0.4 is 0 Å². The van der Waals surface area contributed by atoms with Gasteiger partial charge in [0.2, 0.25) is 0 Å². The van der Waals surface area contributed by atoms with Crippen LogP contribution in [0.2, 0.25) is 15.1 Å². The standard InChI is InChI=1S/C23H14Cl3NO2/c24-16-8-5-14(6-9-16)22-12-19(18-3-1-2-4-21(18)27-22)23(28)29-13-15-7-10-17(25)11-20(15)26/h1-12H,13H2. The van der Waals surface area contributed by atoms with Crippen LogP contribution in [0.5, 0.6) is 0 Å². The van der Waals surface area contributed by atoms with Gasteiger partial charge in [-0.1, -0.05) is 71.2 Å². The molecule has 144 valence electrons. The first-order valence-electron chi connectivity index (χ1n) is 8.78. The summed E-state index contributed by atoms with van der Waals surface area (Å²) in [7, 11) is 0. The van der Waals surface area contributed by atoms with E-state index in [9.17, 15) is 4.79 Å². The summed E-state index contributed by atoms with van der Waals surface area (Å²) in [6.45, 7) is 0.0434. The smallest absolute Gasteiger partial charge is 0.339 e. The average Bonchev–Trinajstić information content (AvgIpc) is 2.72. The van der Waals surface area contributed by atoms with E-state index in [2.05, 4.69) is 4.98 Å². The molecule has 0 aliphatic carbocycles. The number of ether oxygens (including phenoxy) is 1. The third-order valence-corrected chi connectivity index (χ3v) is 5.29. The number of carbonyl (C=O) groups excluding carboxylic acids is 1. The number of benzene rings is 3. The molecule has 0 N–H and O–H groups in total. The van der Waals surface area contributed by atoms with Crippen molar-refractivity contribution >= 4 is 51.7 Å². The van der Waals surface area contributed by atoms with Gasteiger partial charge in [-0.2, -0.15) is 0 Å². The van der Waals surface area contributed by atoms with Gasteiger partial charge in [-0.05, 0) is 36.4 Å². The maximum atomic E-state index is 12.9. The lowest BCUT2D eigenvalue weighted by Gasteiger charge is -2.11. The molecule has 3 aromatic carbocycles. The molecule has 4 aromatic rings. The highest BCUT2D eigenvalue weighted by molar-refractivity contribution is 6.35. The van der Waals surface area contributed by atoms with Gasteiger partial charge in [0.05, 0.1) is 16.8 Å². The van der Waals surface area contributed by atoms with Gasteiger partial charge in [0, 0.05) is 31.6 Å². The summed E-state index contributed by atoms with van der Waals surface area (Å²) < 4.78 is 5.54. The van der Waals surface area contributed by atoms with Crippen molar-refractivity contribution in [1.29, 1.82) is 0 Å². The maximum Gasteiger partial charge on any atom is 0.339 e. The molecule has 0 atom stereocenters. The fourth-order valence-corrected chi connectivity index (χ4v) is 3.56. The lowest BCUT2D eigenvalue weighted by Crippen LogP contribution is -2.07. The third-order valence-electron chi connectivity index (χ3n) is 4.45. The molecule has 0 aliphatic rings. The van der Waals surface area contributed by atoms with Gasteiger partial charge in [0.25, 0.3) is 0 Å². The van der Waals surface area contributed by atoms with Crippen LogP contribution in [0.25, 0.3) is 22.2 Å². The Morgan fingerprint density at radius 3 is 2.34 bits per heavy atom. The number of hydrogen-bond donors (Lipinski definition) is 0. The molecule has 29 heavy (non-hydrogen) atoms. The van der Waals surface area contributed by atoms with E-state index >= 15 is 0 Å². The number of para-hydroxylation sites is 1. The van der Waals surface area contributed by atoms with Crippen LogP contribution in [0.1, 0.15) is 15.9 Å². The topological polar surface area (TPSA) is 39.2 Å². The third kappa shape index (κ3) is 4.38. The van der Waals surface area contributed by atoms with Gasteiger partial charge >= 0.3 is 5.97 Å². The first-order chi connectivity index (χ1) is 14.0. The number of carbonyl (C=O) groups is 1. The molecular weight excluding hydrogens is 429 g/mol. The lowest BCUT2D eigenvalue weighted by molar-refractivity contribution is 0.0475. The van der Waals surface area contributed by atoms with E-state index < -0.39 is 5.97 Å². The second-order valence-corrected chi connectivity index (χ2v) is 7.67. The second kappa shape index (κ2) is 8.42. The van der Waals surface area contributed by atoms with Crippen LogP contribution in [-0.4, -0.2) is 11.0 Å². The number of hydrogen-bond acceptors (Lipinski definition) is 3. The number of esters is 1. The summed E-state index contributed by atoms with van der Waals surface area (Å²) >= 11 is 18.1. The van der Waals surface area contributed by atoms with Crippen molar-refractivity contribution in [3.63, 3.8) is 0 Å². The molecule has 4 rings (SSSR count). The molecule has 6 heteroatoms. The van der Waals surface area contributed by atoms with E-state index in [1.54, 1.807) is 36.4 Å². The van der Waals surface area contributed by atoms with Gasteiger partial charge < -0.3 is 4.74 Å². The molecule has 0 saturated carbocycles. The molecule has 0 unspecified atom stereocenters. The van der Waals surface area contributed by atoms with Crippen LogP contribution >= 0.6 is 34.8 Å². The highest BCUT2D eigenvalue weighted by atomic mass is 35.5. The van der Waals surface area contributed by atoms with Gasteiger partial charge in [0.1, 0.15) is 6.61 Å². The minimum atomic E-state index is -0.454. The first kappa shape index (κ1) is 19.7. The molecule has 1 heterocycles. The van der Waals surface area contributed by atoms with E-state index in [4.69, 9.17) is 39.5 Å². The van der Waals surface area contributed by atoms with E-state index in [1.165, 1.54) is 0 Å². The van der Waals surface area contributed by atoms with Crippen molar-refractivity contribution < 1.29 is 9.53 Å². The Hall–Kier alpha value is -2.59. The quantitative estimate of drug-likeness (QED) is 0.313. The fourth-order valence-electron chi connectivity index (χ4n) is 2.97.